The molecule has 0 radical (unpaired) electrons. The molecule has 0 unspecified atom stereocenters. The number of amidine groups is 1. The van der Waals surface area contributed by atoms with Gasteiger partial charge in [0, 0.05) is 36.3 Å². The van der Waals surface area contributed by atoms with Gasteiger partial charge in [-0.1, -0.05) is 30.3 Å². The molecule has 170 valence electrons. The molecule has 2 atom stereocenters. The van der Waals surface area contributed by atoms with Gasteiger partial charge in [0.15, 0.2) is 5.58 Å². The third-order valence-corrected chi connectivity index (χ3v) is 6.63. The summed E-state index contributed by atoms with van der Waals surface area (Å²) in [5.41, 5.74) is 4.94. The van der Waals surface area contributed by atoms with E-state index < -0.39 is 0 Å². The molecule has 5 rings (SSSR count). The van der Waals surface area contributed by atoms with Crippen molar-refractivity contribution in [3.05, 3.63) is 60.2 Å². The first-order valence-corrected chi connectivity index (χ1v) is 11.9. The number of aromatic nitrogens is 1. The summed E-state index contributed by atoms with van der Waals surface area (Å²) in [5.74, 6) is 1.92. The van der Waals surface area contributed by atoms with Crippen molar-refractivity contribution in [2.45, 2.75) is 45.6 Å². The maximum Gasteiger partial charge on any atom is 0.227 e. The van der Waals surface area contributed by atoms with E-state index in [2.05, 4.69) is 52.5 Å². The predicted molar refractivity (Wildman–Crippen MR) is 132 cm³/mol. The molecule has 33 heavy (non-hydrogen) atoms. The molecule has 1 aliphatic heterocycles. The Balaban J connectivity index is 1.41. The topological polar surface area (TPSA) is 70.7 Å². The van der Waals surface area contributed by atoms with Crippen molar-refractivity contribution in [2.24, 2.45) is 10.9 Å². The molecule has 1 amide bonds. The second kappa shape index (κ2) is 9.22. The molecule has 0 bridgehead atoms. The van der Waals surface area contributed by atoms with Crippen LogP contribution in [0.4, 0.5) is 0 Å². The van der Waals surface area contributed by atoms with Gasteiger partial charge in [0.25, 0.3) is 0 Å². The van der Waals surface area contributed by atoms with Crippen molar-refractivity contribution in [3.63, 3.8) is 0 Å². The monoisotopic (exact) mass is 442 g/mol. The van der Waals surface area contributed by atoms with Gasteiger partial charge in [0.05, 0.1) is 0 Å². The van der Waals surface area contributed by atoms with Gasteiger partial charge in [0.2, 0.25) is 11.8 Å². The fourth-order valence-electron chi connectivity index (χ4n) is 5.02. The lowest BCUT2D eigenvalue weighted by molar-refractivity contribution is -0.124. The number of para-hydroxylation sites is 2. The smallest absolute Gasteiger partial charge is 0.227 e. The Labute approximate surface area is 194 Å². The van der Waals surface area contributed by atoms with Crippen LogP contribution in [0.5, 0.6) is 0 Å². The number of carbonyl (C=O) groups is 1. The maximum atomic E-state index is 12.4. The number of hydrogen-bond donors (Lipinski definition) is 1. The molecule has 1 saturated carbocycles. The molecular formula is C27H30N4O2. The number of rotatable bonds is 5. The van der Waals surface area contributed by atoms with Crippen LogP contribution >= 0.6 is 0 Å². The lowest BCUT2D eigenvalue weighted by atomic mass is 10.0. The number of nitrogens with zero attached hydrogens (tertiary/aromatic N) is 3. The van der Waals surface area contributed by atoms with E-state index in [1.54, 1.807) is 0 Å². The molecule has 0 saturated heterocycles. The van der Waals surface area contributed by atoms with E-state index in [0.717, 1.165) is 60.3 Å². The zero-order valence-corrected chi connectivity index (χ0v) is 19.3. The number of fused-ring (bicyclic) bond motifs is 1. The van der Waals surface area contributed by atoms with Gasteiger partial charge in [-0.15, -0.1) is 0 Å². The molecule has 0 spiro atoms. The van der Waals surface area contributed by atoms with Crippen molar-refractivity contribution >= 4 is 28.5 Å². The molecule has 3 aromatic rings. The number of oxazole rings is 1. The van der Waals surface area contributed by atoms with Crippen LogP contribution in [-0.4, -0.2) is 40.8 Å². The summed E-state index contributed by atoms with van der Waals surface area (Å²) < 4.78 is 5.94. The Hall–Kier alpha value is -3.41. The molecule has 2 aliphatic rings. The number of benzene rings is 2. The van der Waals surface area contributed by atoms with Crippen LogP contribution in [0, 0.1) is 5.92 Å². The average molecular weight is 443 g/mol. The van der Waals surface area contributed by atoms with Gasteiger partial charge < -0.3 is 14.6 Å². The summed E-state index contributed by atoms with van der Waals surface area (Å²) >= 11 is 0. The van der Waals surface area contributed by atoms with Gasteiger partial charge >= 0.3 is 0 Å². The van der Waals surface area contributed by atoms with Crippen LogP contribution in [0.15, 0.2) is 64.0 Å². The third-order valence-electron chi connectivity index (χ3n) is 6.63. The number of hydrogen-bond acceptors (Lipinski definition) is 5. The van der Waals surface area contributed by atoms with Crippen molar-refractivity contribution < 1.29 is 9.21 Å². The molecule has 2 heterocycles. The Morgan fingerprint density at radius 3 is 2.70 bits per heavy atom. The van der Waals surface area contributed by atoms with Crippen LogP contribution in [0.1, 0.15) is 45.1 Å². The van der Waals surface area contributed by atoms with Crippen LogP contribution in [0.3, 0.4) is 0 Å². The molecule has 1 fully saturated rings. The minimum atomic E-state index is 0.0776. The SMILES string of the molecule is CCNC(=O)[C@H]1CC[C@@H](N2C(c3ccc(-c4nc5ccccc5o4)cc3)=CCCN=C2C)C1. The van der Waals surface area contributed by atoms with E-state index in [1.165, 1.54) is 5.70 Å². The molecule has 1 aliphatic carbocycles. The van der Waals surface area contributed by atoms with Gasteiger partial charge in [-0.25, -0.2) is 4.98 Å². The second-order valence-corrected chi connectivity index (χ2v) is 8.80. The van der Waals surface area contributed by atoms with Gasteiger partial charge in [-0.3, -0.25) is 9.79 Å². The quantitative estimate of drug-likeness (QED) is 0.585. The molecule has 6 heteroatoms. The highest BCUT2D eigenvalue weighted by Gasteiger charge is 2.35. The second-order valence-electron chi connectivity index (χ2n) is 8.80. The Kier molecular flexibility index (Phi) is 5.99. The van der Waals surface area contributed by atoms with E-state index in [9.17, 15) is 4.79 Å². The molecule has 1 N–H and O–H groups in total. The van der Waals surface area contributed by atoms with E-state index in [1.807, 2.05) is 31.2 Å². The lowest BCUT2D eigenvalue weighted by Gasteiger charge is -2.33. The first kappa shape index (κ1) is 21.4. The standard InChI is InChI=1S/C27H30N4O2/c1-3-28-26(32)21-14-15-22(17-21)31-18(2)29-16-6-8-24(31)19-10-12-20(13-11-19)27-30-23-7-4-5-9-25(23)33-27/h4-5,7-13,21-22H,3,6,14-17H2,1-2H3,(H,28,32)/t21-,22+/m0/s1. The highest BCUT2D eigenvalue weighted by atomic mass is 16.3. The zero-order valence-electron chi connectivity index (χ0n) is 19.3. The van der Waals surface area contributed by atoms with E-state index >= 15 is 0 Å². The number of carbonyl (C=O) groups excluding carboxylic acids is 1. The van der Waals surface area contributed by atoms with Crippen molar-refractivity contribution in [3.8, 4) is 11.5 Å². The first-order chi connectivity index (χ1) is 16.1. The minimum Gasteiger partial charge on any atom is -0.436 e. The zero-order chi connectivity index (χ0) is 22.8. The fraction of sp³-hybridized carbons (Fsp3) is 0.370. The largest absolute Gasteiger partial charge is 0.436 e. The highest BCUT2D eigenvalue weighted by Crippen LogP contribution is 2.36. The highest BCUT2D eigenvalue weighted by molar-refractivity contribution is 5.91. The molecule has 2 aromatic carbocycles. The van der Waals surface area contributed by atoms with Crippen molar-refractivity contribution in [1.82, 2.24) is 15.2 Å². The van der Waals surface area contributed by atoms with Gasteiger partial charge in [-0.05, 0) is 69.4 Å². The van der Waals surface area contributed by atoms with E-state index in [-0.39, 0.29) is 17.9 Å². The van der Waals surface area contributed by atoms with Crippen LogP contribution in [0.2, 0.25) is 0 Å². The molecular weight excluding hydrogens is 412 g/mol. The normalized spacial score (nSPS) is 21.0. The van der Waals surface area contributed by atoms with Crippen LogP contribution in [0.25, 0.3) is 28.3 Å². The summed E-state index contributed by atoms with van der Waals surface area (Å²) in [5, 5.41) is 2.99. The number of aliphatic imine (C=N–C) groups is 1. The van der Waals surface area contributed by atoms with Gasteiger partial charge in [0.1, 0.15) is 11.4 Å². The van der Waals surface area contributed by atoms with Crippen molar-refractivity contribution in [2.75, 3.05) is 13.1 Å². The summed E-state index contributed by atoms with van der Waals surface area (Å²) in [6.07, 6.45) is 5.96. The molecule has 6 nitrogen and oxygen atoms in total. The molecule has 1 aromatic heterocycles. The summed E-state index contributed by atoms with van der Waals surface area (Å²) in [7, 11) is 0. The van der Waals surface area contributed by atoms with E-state index in [4.69, 9.17) is 9.41 Å². The predicted octanol–water partition coefficient (Wildman–Crippen LogP) is 5.26. The van der Waals surface area contributed by atoms with Crippen molar-refractivity contribution in [1.29, 1.82) is 0 Å². The van der Waals surface area contributed by atoms with E-state index in [0.29, 0.717) is 12.4 Å². The first-order valence-electron chi connectivity index (χ1n) is 11.9. The summed E-state index contributed by atoms with van der Waals surface area (Å²) in [6, 6.07) is 16.5. The minimum absolute atomic E-state index is 0.0776. The summed E-state index contributed by atoms with van der Waals surface area (Å²) in [6.45, 7) is 5.54. The number of amides is 1. The van der Waals surface area contributed by atoms with Gasteiger partial charge in [-0.2, -0.15) is 0 Å². The Bertz CT molecular complexity index is 1180. The Morgan fingerprint density at radius 1 is 1.12 bits per heavy atom. The third kappa shape index (κ3) is 4.30. The fourth-order valence-corrected chi connectivity index (χ4v) is 5.02. The summed E-state index contributed by atoms with van der Waals surface area (Å²) in [4.78, 5) is 24.2. The maximum absolute atomic E-state index is 12.4. The van der Waals surface area contributed by atoms with Crippen LogP contribution < -0.4 is 5.32 Å². The lowest BCUT2D eigenvalue weighted by Crippen LogP contribution is -2.37. The van der Waals surface area contributed by atoms with Crippen LogP contribution in [-0.2, 0) is 4.79 Å². The average Bonchev–Trinajstić information content (AvgIpc) is 3.44. The number of nitrogens with one attached hydrogen (secondary N) is 1. The Morgan fingerprint density at radius 2 is 1.91 bits per heavy atom.